The number of anilines is 1. The van der Waals surface area contributed by atoms with Crippen LogP contribution in [0.1, 0.15) is 84.9 Å². The highest BCUT2D eigenvalue weighted by atomic mass is 16.5. The predicted molar refractivity (Wildman–Crippen MR) is 214 cm³/mol. The average Bonchev–Trinajstić information content (AvgIpc) is 3.62. The van der Waals surface area contributed by atoms with Crippen molar-refractivity contribution >= 4 is 51.1 Å². The fourth-order valence-electron chi connectivity index (χ4n) is 8.24. The summed E-state index contributed by atoms with van der Waals surface area (Å²) in [4.78, 5) is 62.1. The molecule has 5 aromatic rings. The van der Waals surface area contributed by atoms with Gasteiger partial charge in [-0.05, 0) is 86.4 Å². The molecule has 8 rings (SSSR count). The first-order chi connectivity index (χ1) is 27.4. The molecule has 0 radical (unpaired) electrons. The van der Waals surface area contributed by atoms with Crippen LogP contribution in [0.4, 0.5) is 5.69 Å². The van der Waals surface area contributed by atoms with Crippen LogP contribution < -0.4 is 15.0 Å². The minimum absolute atomic E-state index is 0.109. The molecule has 6 heterocycles. The summed E-state index contributed by atoms with van der Waals surface area (Å²) in [6.07, 6.45) is 14.7. The van der Waals surface area contributed by atoms with Crippen molar-refractivity contribution in [2.75, 3.05) is 37.8 Å². The topological polar surface area (TPSA) is 136 Å². The molecule has 0 spiro atoms. The Morgan fingerprint density at radius 1 is 0.750 bits per heavy atom. The van der Waals surface area contributed by atoms with Crippen molar-refractivity contribution in [3.05, 3.63) is 84.3 Å². The summed E-state index contributed by atoms with van der Waals surface area (Å²) in [5.74, 6) is -0.643. The number of unbranched alkanes of at least 4 members (excludes halogenated alkanes) is 5. The number of pyridine rings is 2. The number of aromatic nitrogens is 3. The van der Waals surface area contributed by atoms with Crippen LogP contribution in [0.25, 0.3) is 32.9 Å². The van der Waals surface area contributed by atoms with Crippen molar-refractivity contribution < 1.29 is 28.7 Å². The summed E-state index contributed by atoms with van der Waals surface area (Å²) in [5.41, 5.74) is 6.09. The number of fused-ring (bicyclic) bond motifs is 4. The molecule has 3 aliphatic heterocycles. The minimum Gasteiger partial charge on any atom is -0.478 e. The maximum atomic E-state index is 13.2. The fourth-order valence-corrected chi connectivity index (χ4v) is 8.24. The zero-order valence-electron chi connectivity index (χ0n) is 31.9. The van der Waals surface area contributed by atoms with Gasteiger partial charge < -0.3 is 18.9 Å². The van der Waals surface area contributed by atoms with Crippen molar-refractivity contribution in [2.45, 2.75) is 70.3 Å². The van der Waals surface area contributed by atoms with Crippen LogP contribution >= 0.6 is 0 Å². The molecule has 12 heteroatoms. The fraction of sp³-hybridized carbons (Fsp3) is 0.409. The molecule has 2 aromatic carbocycles. The summed E-state index contributed by atoms with van der Waals surface area (Å²) >= 11 is 0. The SMILES string of the molecule is Cn1c2ccncc2c2ccc(-c3ccc(OCCCCCOCCCCCCC4CN(c5ccc6c(c5)C(=O)N(C5CCC(=O)NC5=O)C6=O)C4)nc3)cc21. The second-order valence-electron chi connectivity index (χ2n) is 15.2. The lowest BCUT2D eigenvalue weighted by molar-refractivity contribution is -0.136. The Balaban J connectivity index is 0.650. The third-order valence-corrected chi connectivity index (χ3v) is 11.5. The Hall–Kier alpha value is -5.62. The minimum atomic E-state index is -0.946. The average molecular weight is 757 g/mol. The third kappa shape index (κ3) is 7.75. The number of hydrogen-bond acceptors (Lipinski definition) is 9. The number of imide groups is 2. The molecule has 0 saturated carbocycles. The van der Waals surface area contributed by atoms with E-state index in [1.807, 2.05) is 36.8 Å². The standard InChI is InChI=1S/C44H48N6O6/c1-48-37-18-19-45-26-36(37)33-13-10-30(23-39(33)48)31-11-17-41(46-25-31)56-22-8-4-7-21-55-20-6-3-2-5-9-29-27-49(28-29)32-12-14-34-35(24-32)44(54)50(43(34)53)38-15-16-40(51)47-42(38)52/h10-14,17-19,23-26,29,38H,2-9,15-16,20-22,27-28H2,1H3,(H,47,51,52). The van der Waals surface area contributed by atoms with E-state index in [1.54, 1.807) is 12.1 Å². The Bertz CT molecular complexity index is 2260. The van der Waals surface area contributed by atoms with Gasteiger partial charge in [-0.1, -0.05) is 31.4 Å². The smallest absolute Gasteiger partial charge is 0.262 e. The first-order valence-corrected chi connectivity index (χ1v) is 20.0. The van der Waals surface area contributed by atoms with Crippen LogP contribution in [0, 0.1) is 5.92 Å². The van der Waals surface area contributed by atoms with E-state index < -0.39 is 23.8 Å². The van der Waals surface area contributed by atoms with E-state index in [1.165, 1.54) is 35.7 Å². The summed E-state index contributed by atoms with van der Waals surface area (Å²) in [7, 11) is 2.09. The molecule has 3 aromatic heterocycles. The Morgan fingerprint density at radius 2 is 1.52 bits per heavy atom. The van der Waals surface area contributed by atoms with Gasteiger partial charge in [0, 0.05) is 92.0 Å². The first kappa shape index (κ1) is 37.3. The van der Waals surface area contributed by atoms with Gasteiger partial charge in [0.2, 0.25) is 17.7 Å². The summed E-state index contributed by atoms with van der Waals surface area (Å²) < 4.78 is 14.0. The van der Waals surface area contributed by atoms with E-state index in [0.29, 0.717) is 29.5 Å². The van der Waals surface area contributed by atoms with Gasteiger partial charge in [-0.3, -0.25) is 34.4 Å². The van der Waals surface area contributed by atoms with Crippen LogP contribution in [0.2, 0.25) is 0 Å². The van der Waals surface area contributed by atoms with E-state index >= 15 is 0 Å². The molecule has 2 fully saturated rings. The number of rotatable bonds is 17. The van der Waals surface area contributed by atoms with Gasteiger partial charge >= 0.3 is 0 Å². The van der Waals surface area contributed by atoms with Crippen LogP contribution in [0.3, 0.4) is 0 Å². The van der Waals surface area contributed by atoms with Crippen molar-refractivity contribution in [3.63, 3.8) is 0 Å². The lowest BCUT2D eigenvalue weighted by Crippen LogP contribution is -2.54. The molecule has 4 amide bonds. The van der Waals surface area contributed by atoms with E-state index in [9.17, 15) is 19.2 Å². The number of carbonyl (C=O) groups excluding carboxylic acids is 4. The Kier molecular flexibility index (Phi) is 11.1. The van der Waals surface area contributed by atoms with E-state index in [2.05, 4.69) is 56.1 Å². The largest absolute Gasteiger partial charge is 0.478 e. The Morgan fingerprint density at radius 3 is 2.32 bits per heavy atom. The molecule has 0 bridgehead atoms. The van der Waals surface area contributed by atoms with Crippen LogP contribution in [0.15, 0.2) is 73.2 Å². The van der Waals surface area contributed by atoms with Gasteiger partial charge in [0.05, 0.1) is 23.3 Å². The number of hydrogen-bond donors (Lipinski definition) is 1. The van der Waals surface area contributed by atoms with Gasteiger partial charge in [-0.2, -0.15) is 0 Å². The number of aryl methyl sites for hydroxylation is 1. The molecule has 2 saturated heterocycles. The predicted octanol–water partition coefficient (Wildman–Crippen LogP) is 6.84. The van der Waals surface area contributed by atoms with E-state index in [-0.39, 0.29) is 18.7 Å². The lowest BCUT2D eigenvalue weighted by Gasteiger charge is -2.41. The second-order valence-corrected chi connectivity index (χ2v) is 15.2. The molecule has 0 aliphatic carbocycles. The van der Waals surface area contributed by atoms with Gasteiger partial charge in [0.25, 0.3) is 11.8 Å². The highest BCUT2D eigenvalue weighted by molar-refractivity contribution is 6.23. The van der Waals surface area contributed by atoms with Crippen molar-refractivity contribution in [3.8, 4) is 17.0 Å². The second kappa shape index (κ2) is 16.6. The normalized spacial score (nSPS) is 17.2. The highest BCUT2D eigenvalue weighted by Gasteiger charge is 2.45. The first-order valence-electron chi connectivity index (χ1n) is 20.0. The highest BCUT2D eigenvalue weighted by Crippen LogP contribution is 2.35. The summed E-state index contributed by atoms with van der Waals surface area (Å²) in [6.45, 7) is 4.07. The molecule has 56 heavy (non-hydrogen) atoms. The molecular weight excluding hydrogens is 709 g/mol. The lowest BCUT2D eigenvalue weighted by atomic mass is 9.92. The third-order valence-electron chi connectivity index (χ3n) is 11.5. The number of nitrogens with one attached hydrogen (secondary N) is 1. The van der Waals surface area contributed by atoms with Gasteiger partial charge in [0.15, 0.2) is 0 Å². The summed E-state index contributed by atoms with van der Waals surface area (Å²) in [6, 6.07) is 17.0. The van der Waals surface area contributed by atoms with Gasteiger partial charge in [-0.25, -0.2) is 4.98 Å². The van der Waals surface area contributed by atoms with Gasteiger partial charge in [0.1, 0.15) is 6.04 Å². The van der Waals surface area contributed by atoms with Crippen LogP contribution in [-0.4, -0.2) is 82.0 Å². The monoisotopic (exact) mass is 756 g/mol. The van der Waals surface area contributed by atoms with Crippen LogP contribution in [0.5, 0.6) is 5.88 Å². The summed E-state index contributed by atoms with van der Waals surface area (Å²) in [5, 5.41) is 4.60. The van der Waals surface area contributed by atoms with E-state index in [0.717, 1.165) is 85.5 Å². The van der Waals surface area contributed by atoms with Crippen LogP contribution in [-0.2, 0) is 21.4 Å². The number of ether oxygens (including phenoxy) is 2. The molecule has 3 aliphatic rings. The van der Waals surface area contributed by atoms with Gasteiger partial charge in [-0.15, -0.1) is 0 Å². The van der Waals surface area contributed by atoms with Crippen molar-refractivity contribution in [2.24, 2.45) is 13.0 Å². The molecule has 1 unspecified atom stereocenters. The zero-order chi connectivity index (χ0) is 38.6. The number of carbonyl (C=O) groups is 4. The number of amides is 4. The molecular formula is C44H48N6O6. The maximum absolute atomic E-state index is 13.2. The molecule has 12 nitrogen and oxygen atoms in total. The van der Waals surface area contributed by atoms with Crippen molar-refractivity contribution in [1.29, 1.82) is 0 Å². The molecule has 290 valence electrons. The zero-order valence-corrected chi connectivity index (χ0v) is 31.9. The maximum Gasteiger partial charge on any atom is 0.262 e. The Labute approximate surface area is 326 Å². The van der Waals surface area contributed by atoms with E-state index in [4.69, 9.17) is 9.47 Å². The quantitative estimate of drug-likeness (QED) is 0.0799. The number of benzene rings is 2. The van der Waals surface area contributed by atoms with Crippen molar-refractivity contribution in [1.82, 2.24) is 24.8 Å². The number of piperidine rings is 1. The number of nitrogens with zero attached hydrogens (tertiary/aromatic N) is 5. The molecule has 1 N–H and O–H groups in total. The molecule has 1 atom stereocenters.